The largest absolute Gasteiger partial charge is 0.389 e. The van der Waals surface area contributed by atoms with E-state index >= 15 is 0 Å². The molecule has 0 bridgehead atoms. The second kappa shape index (κ2) is 9.20. The van der Waals surface area contributed by atoms with E-state index in [2.05, 4.69) is 36.6 Å². The maximum atomic E-state index is 14.8. The van der Waals surface area contributed by atoms with E-state index in [1.54, 1.807) is 31.3 Å². The van der Waals surface area contributed by atoms with Crippen molar-refractivity contribution < 1.29 is 13.9 Å². The van der Waals surface area contributed by atoms with E-state index in [1.165, 1.54) is 17.8 Å². The van der Waals surface area contributed by atoms with E-state index in [0.717, 1.165) is 31.3 Å². The summed E-state index contributed by atoms with van der Waals surface area (Å²) in [5.41, 5.74) is 3.01. The van der Waals surface area contributed by atoms with Crippen LogP contribution in [0.1, 0.15) is 30.6 Å². The Morgan fingerprint density at radius 3 is 2.65 bits per heavy atom. The number of aliphatic hydroxyl groups is 1. The highest BCUT2D eigenvalue weighted by atomic mass is 19.1. The van der Waals surface area contributed by atoms with Gasteiger partial charge < -0.3 is 15.7 Å². The van der Waals surface area contributed by atoms with E-state index in [-0.39, 0.29) is 22.7 Å². The van der Waals surface area contributed by atoms with Crippen LogP contribution in [0.25, 0.3) is 27.7 Å². The van der Waals surface area contributed by atoms with Gasteiger partial charge in [0.05, 0.1) is 12.3 Å². The third kappa shape index (κ3) is 4.35. The molecule has 0 saturated carbocycles. The highest BCUT2D eigenvalue weighted by Gasteiger charge is 2.17. The molecule has 1 aromatic carbocycles. The fourth-order valence-electron chi connectivity index (χ4n) is 4.02. The molecule has 0 amide bonds. The maximum Gasteiger partial charge on any atom is 0.229 e. The van der Waals surface area contributed by atoms with Crippen LogP contribution in [-0.2, 0) is 0 Å². The average Bonchev–Trinajstić information content (AvgIpc) is 2.86. The first-order chi connectivity index (χ1) is 16.5. The van der Waals surface area contributed by atoms with Gasteiger partial charge in [0.15, 0.2) is 5.82 Å². The lowest BCUT2D eigenvalue weighted by atomic mass is 10.0. The molecule has 1 aliphatic rings. The molecule has 4 heterocycles. The summed E-state index contributed by atoms with van der Waals surface area (Å²) in [6.07, 6.45) is 6.47. The number of pyridine rings is 2. The van der Waals surface area contributed by atoms with E-state index in [4.69, 9.17) is 0 Å². The Kier molecular flexibility index (Phi) is 5.95. The van der Waals surface area contributed by atoms with Crippen LogP contribution in [0.5, 0.6) is 0 Å². The van der Waals surface area contributed by atoms with E-state index < -0.39 is 17.7 Å². The van der Waals surface area contributed by atoms with Crippen LogP contribution in [0.15, 0.2) is 55.0 Å². The predicted molar refractivity (Wildman–Crippen MR) is 126 cm³/mol. The Morgan fingerprint density at radius 2 is 1.91 bits per heavy atom. The molecule has 7 nitrogen and oxygen atoms in total. The van der Waals surface area contributed by atoms with Crippen LogP contribution in [0.3, 0.4) is 0 Å². The zero-order valence-corrected chi connectivity index (χ0v) is 18.4. The number of hydrogen-bond acceptors (Lipinski definition) is 7. The smallest absolute Gasteiger partial charge is 0.229 e. The van der Waals surface area contributed by atoms with Crippen LogP contribution in [0, 0.1) is 11.6 Å². The number of fused-ring (bicyclic) bond motifs is 1. The molecule has 34 heavy (non-hydrogen) atoms. The summed E-state index contributed by atoms with van der Waals surface area (Å²) >= 11 is 0. The number of benzene rings is 1. The molecule has 0 aliphatic carbocycles. The summed E-state index contributed by atoms with van der Waals surface area (Å²) in [7, 11) is 0. The quantitative estimate of drug-likeness (QED) is 0.402. The van der Waals surface area contributed by atoms with Gasteiger partial charge in [0.25, 0.3) is 0 Å². The highest BCUT2D eigenvalue weighted by Crippen LogP contribution is 2.31. The van der Waals surface area contributed by atoms with Gasteiger partial charge in [-0.1, -0.05) is 6.08 Å². The number of aliphatic hydroxyl groups excluding tert-OH is 1. The summed E-state index contributed by atoms with van der Waals surface area (Å²) < 4.78 is 29.5. The van der Waals surface area contributed by atoms with Crippen molar-refractivity contribution in [2.75, 3.05) is 18.4 Å². The van der Waals surface area contributed by atoms with Crippen molar-refractivity contribution in [1.82, 2.24) is 25.3 Å². The fourth-order valence-corrected chi connectivity index (χ4v) is 4.02. The molecular weight excluding hydrogens is 438 g/mol. The normalized spacial score (nSPS) is 14.6. The minimum atomic E-state index is -0.845. The topological polar surface area (TPSA) is 95.9 Å². The summed E-state index contributed by atoms with van der Waals surface area (Å²) in [6, 6.07) is 8.12. The number of nitrogens with zero attached hydrogens (tertiary/aromatic N) is 4. The first-order valence-corrected chi connectivity index (χ1v) is 10.9. The third-order valence-electron chi connectivity index (χ3n) is 5.74. The Labute approximate surface area is 194 Å². The van der Waals surface area contributed by atoms with Crippen molar-refractivity contribution in [3.8, 4) is 11.3 Å². The minimum Gasteiger partial charge on any atom is -0.389 e. The number of nitrogens with one attached hydrogen (secondary N) is 2. The van der Waals surface area contributed by atoms with Crippen LogP contribution in [-0.4, -0.2) is 38.1 Å². The van der Waals surface area contributed by atoms with Gasteiger partial charge in [0.1, 0.15) is 22.8 Å². The van der Waals surface area contributed by atoms with Crippen molar-refractivity contribution in [3.05, 3.63) is 77.8 Å². The number of aromatic nitrogens is 4. The molecule has 3 N–H and O–H groups in total. The molecule has 1 unspecified atom stereocenters. The molecule has 9 heteroatoms. The lowest BCUT2D eigenvalue weighted by Crippen LogP contribution is -2.20. The Hall–Kier alpha value is -3.82. The number of rotatable bonds is 5. The Morgan fingerprint density at radius 1 is 1.03 bits per heavy atom. The van der Waals surface area contributed by atoms with E-state index in [0.29, 0.717) is 16.8 Å². The van der Waals surface area contributed by atoms with Crippen molar-refractivity contribution in [2.45, 2.75) is 19.4 Å². The zero-order chi connectivity index (χ0) is 23.7. The molecule has 0 fully saturated rings. The standard InChI is InChI=1S/C25H22F2N6O/c1-14(34)18-6-9-29-24-19(18)10-17(11-20(24)26)23-21(27)13-31-25(33-23)32-22-3-2-16(12-30-22)15-4-7-28-8-5-15/h2-4,6,9-14,28,34H,5,7-8H2,1H3,(H,30,31,32,33). The van der Waals surface area contributed by atoms with Crippen molar-refractivity contribution >= 4 is 28.2 Å². The van der Waals surface area contributed by atoms with Gasteiger partial charge in [-0.25, -0.2) is 23.7 Å². The molecule has 1 atom stereocenters. The van der Waals surface area contributed by atoms with Crippen LogP contribution in [0.2, 0.25) is 0 Å². The minimum absolute atomic E-state index is 0.0739. The SMILES string of the molecule is CC(O)c1ccnc2c(F)cc(-c3nc(Nc4ccc(C5=CCNCC5)cn4)ncc3F)cc12. The lowest BCUT2D eigenvalue weighted by Gasteiger charge is -2.14. The van der Waals surface area contributed by atoms with Gasteiger partial charge in [-0.05, 0) is 66.9 Å². The van der Waals surface area contributed by atoms with Gasteiger partial charge in [-0.3, -0.25) is 4.98 Å². The zero-order valence-electron chi connectivity index (χ0n) is 18.4. The lowest BCUT2D eigenvalue weighted by molar-refractivity contribution is 0.201. The van der Waals surface area contributed by atoms with Crippen LogP contribution < -0.4 is 10.6 Å². The van der Waals surface area contributed by atoms with Crippen LogP contribution >= 0.6 is 0 Å². The second-order valence-electron chi connectivity index (χ2n) is 8.06. The van der Waals surface area contributed by atoms with Crippen molar-refractivity contribution in [3.63, 3.8) is 0 Å². The molecule has 3 aromatic heterocycles. The van der Waals surface area contributed by atoms with Gasteiger partial charge in [0.2, 0.25) is 5.95 Å². The summed E-state index contributed by atoms with van der Waals surface area (Å²) in [5, 5.41) is 16.7. The molecular formula is C25H22F2N6O. The second-order valence-corrected chi connectivity index (χ2v) is 8.06. The molecule has 0 spiro atoms. The summed E-state index contributed by atoms with van der Waals surface area (Å²) in [6.45, 7) is 3.35. The summed E-state index contributed by atoms with van der Waals surface area (Å²) in [5.74, 6) is -0.707. The van der Waals surface area contributed by atoms with Crippen molar-refractivity contribution in [2.24, 2.45) is 0 Å². The van der Waals surface area contributed by atoms with Gasteiger partial charge in [-0.15, -0.1) is 0 Å². The first-order valence-electron chi connectivity index (χ1n) is 10.9. The monoisotopic (exact) mass is 460 g/mol. The first kappa shape index (κ1) is 22.0. The molecule has 0 saturated heterocycles. The Bertz CT molecular complexity index is 1390. The maximum absolute atomic E-state index is 14.8. The third-order valence-corrected chi connectivity index (χ3v) is 5.74. The molecule has 172 valence electrons. The highest BCUT2D eigenvalue weighted by molar-refractivity contribution is 5.87. The van der Waals surface area contributed by atoms with E-state index in [1.807, 2.05) is 6.07 Å². The molecule has 4 aromatic rings. The van der Waals surface area contributed by atoms with Gasteiger partial charge >= 0.3 is 0 Å². The fraction of sp³-hybridized carbons (Fsp3) is 0.200. The summed E-state index contributed by atoms with van der Waals surface area (Å²) in [4.78, 5) is 16.7. The molecule has 5 rings (SSSR count). The van der Waals surface area contributed by atoms with Gasteiger partial charge in [0, 0.05) is 29.9 Å². The molecule has 1 aliphatic heterocycles. The van der Waals surface area contributed by atoms with Crippen LogP contribution in [0.4, 0.5) is 20.5 Å². The van der Waals surface area contributed by atoms with Crippen molar-refractivity contribution in [1.29, 1.82) is 0 Å². The number of anilines is 2. The van der Waals surface area contributed by atoms with Gasteiger partial charge in [-0.2, -0.15) is 0 Å². The molecule has 0 radical (unpaired) electrons. The van der Waals surface area contributed by atoms with E-state index in [9.17, 15) is 13.9 Å². The predicted octanol–water partition coefficient (Wildman–Crippen LogP) is 4.54. The number of hydrogen-bond donors (Lipinski definition) is 3. The number of halogens is 2. The Balaban J connectivity index is 1.47. The average molecular weight is 460 g/mol.